The molecule has 37 heavy (non-hydrogen) atoms. The maximum atomic E-state index is 12.7. The highest BCUT2D eigenvalue weighted by atomic mass is 35.5. The fourth-order valence-corrected chi connectivity index (χ4v) is 3.33. The Morgan fingerprint density at radius 2 is 1.14 bits per heavy atom. The summed E-state index contributed by atoms with van der Waals surface area (Å²) in [5.41, 5.74) is 2.13. The van der Waals surface area contributed by atoms with Gasteiger partial charge in [-0.1, -0.05) is 11.6 Å². The lowest BCUT2D eigenvalue weighted by Crippen LogP contribution is -2.32. The lowest BCUT2D eigenvalue weighted by molar-refractivity contribution is -0.116. The van der Waals surface area contributed by atoms with Crippen LogP contribution in [0.2, 0.25) is 5.02 Å². The second-order valence-electron chi connectivity index (χ2n) is 7.88. The Kier molecular flexibility index (Phi) is 8.22. The lowest BCUT2D eigenvalue weighted by Gasteiger charge is -2.16. The molecule has 0 spiro atoms. The number of methoxy groups -OCH3 is 2. The van der Waals surface area contributed by atoms with Gasteiger partial charge in [-0.15, -0.1) is 0 Å². The molecule has 1 unspecified atom stereocenters. The molecule has 1 amide bonds. The maximum Gasteiger partial charge on any atom is 0.246 e. The van der Waals surface area contributed by atoms with E-state index in [4.69, 9.17) is 21.1 Å². The van der Waals surface area contributed by atoms with Gasteiger partial charge in [-0.3, -0.25) is 4.79 Å². The molecule has 4 N–H and O–H groups in total. The number of halogens is 1. The number of amides is 1. The molecule has 0 saturated carbocycles. The van der Waals surface area contributed by atoms with Crippen LogP contribution in [0, 0.1) is 0 Å². The Hall–Kier alpha value is -4.57. The third-order valence-electron chi connectivity index (χ3n) is 5.18. The summed E-state index contributed by atoms with van der Waals surface area (Å²) in [4.78, 5) is 26.1. The van der Waals surface area contributed by atoms with Gasteiger partial charge in [-0.05, 0) is 79.7 Å². The van der Waals surface area contributed by atoms with E-state index in [1.807, 2.05) is 48.5 Å². The number of aromatic nitrogens is 3. The smallest absolute Gasteiger partial charge is 0.246 e. The molecule has 0 aliphatic rings. The highest BCUT2D eigenvalue weighted by Gasteiger charge is 2.16. The Morgan fingerprint density at radius 3 is 1.59 bits per heavy atom. The summed E-state index contributed by atoms with van der Waals surface area (Å²) < 4.78 is 10.4. The second kappa shape index (κ2) is 11.9. The number of anilines is 6. The summed E-state index contributed by atoms with van der Waals surface area (Å²) >= 11 is 5.92. The minimum Gasteiger partial charge on any atom is -0.497 e. The van der Waals surface area contributed by atoms with Crippen LogP contribution >= 0.6 is 11.6 Å². The average Bonchev–Trinajstić information content (AvgIpc) is 2.90. The SMILES string of the molecule is COc1ccc(Nc2nc(Nc3ccc(OC)cc3)nc(NC(C)C(=O)Nc3ccc(Cl)cc3)n2)cc1. The molecule has 190 valence electrons. The van der Waals surface area contributed by atoms with Crippen molar-refractivity contribution in [2.24, 2.45) is 0 Å². The number of rotatable bonds is 10. The number of carbonyl (C=O) groups excluding carboxylic acids is 1. The quantitative estimate of drug-likeness (QED) is 0.216. The van der Waals surface area contributed by atoms with E-state index in [0.29, 0.717) is 10.7 Å². The lowest BCUT2D eigenvalue weighted by atomic mass is 10.2. The molecule has 10 nitrogen and oxygen atoms in total. The van der Waals surface area contributed by atoms with E-state index in [1.54, 1.807) is 45.4 Å². The highest BCUT2D eigenvalue weighted by molar-refractivity contribution is 6.30. The van der Waals surface area contributed by atoms with Crippen LogP contribution in [-0.2, 0) is 4.79 Å². The summed E-state index contributed by atoms with van der Waals surface area (Å²) in [5, 5.41) is 12.8. The minimum atomic E-state index is -0.652. The third-order valence-corrected chi connectivity index (χ3v) is 5.43. The molecule has 0 bridgehead atoms. The molecule has 0 radical (unpaired) electrons. The first-order valence-electron chi connectivity index (χ1n) is 11.3. The molecule has 0 aliphatic carbocycles. The molecule has 1 aromatic heterocycles. The number of hydrogen-bond acceptors (Lipinski definition) is 9. The fourth-order valence-electron chi connectivity index (χ4n) is 3.20. The highest BCUT2D eigenvalue weighted by Crippen LogP contribution is 2.22. The van der Waals surface area contributed by atoms with E-state index in [-0.39, 0.29) is 23.8 Å². The maximum absolute atomic E-state index is 12.7. The standard InChI is InChI=1S/C26H26ClN7O3/c1-16(23(35)29-18-6-4-17(27)5-7-18)28-24-32-25(30-19-8-12-21(36-2)13-9-19)34-26(33-24)31-20-10-14-22(37-3)15-11-20/h4-16H,1-3H3,(H,29,35)(H3,28,30,31,32,33,34). The summed E-state index contributed by atoms with van der Waals surface area (Å²) in [5.74, 6) is 1.96. The molecule has 0 fully saturated rings. The molecule has 1 heterocycles. The number of benzene rings is 3. The zero-order chi connectivity index (χ0) is 26.2. The number of nitrogens with zero attached hydrogens (tertiary/aromatic N) is 3. The average molecular weight is 520 g/mol. The molecule has 3 aromatic carbocycles. The van der Waals surface area contributed by atoms with Crippen molar-refractivity contribution >= 4 is 52.4 Å². The van der Waals surface area contributed by atoms with Gasteiger partial charge in [0, 0.05) is 22.1 Å². The van der Waals surface area contributed by atoms with Crippen LogP contribution in [0.15, 0.2) is 72.8 Å². The number of hydrogen-bond donors (Lipinski definition) is 4. The molecule has 4 rings (SSSR count). The van der Waals surface area contributed by atoms with Gasteiger partial charge in [0.2, 0.25) is 23.8 Å². The van der Waals surface area contributed by atoms with Crippen LogP contribution in [0.25, 0.3) is 0 Å². The normalized spacial score (nSPS) is 11.2. The van der Waals surface area contributed by atoms with Crippen molar-refractivity contribution in [3.8, 4) is 11.5 Å². The monoisotopic (exact) mass is 519 g/mol. The van der Waals surface area contributed by atoms with E-state index < -0.39 is 6.04 Å². The molecule has 0 aliphatic heterocycles. The first-order chi connectivity index (χ1) is 17.9. The molecule has 1 atom stereocenters. The topological polar surface area (TPSA) is 122 Å². The Morgan fingerprint density at radius 1 is 0.703 bits per heavy atom. The van der Waals surface area contributed by atoms with Crippen LogP contribution in [-0.4, -0.2) is 41.1 Å². The zero-order valence-electron chi connectivity index (χ0n) is 20.4. The molecule has 11 heteroatoms. The van der Waals surface area contributed by atoms with Crippen LogP contribution in [0.3, 0.4) is 0 Å². The number of nitrogens with one attached hydrogen (secondary N) is 4. The van der Waals surface area contributed by atoms with Crippen LogP contribution in [0.5, 0.6) is 11.5 Å². The van der Waals surface area contributed by atoms with Gasteiger partial charge in [-0.2, -0.15) is 15.0 Å². The first kappa shape index (κ1) is 25.5. The van der Waals surface area contributed by atoms with Gasteiger partial charge in [-0.25, -0.2) is 0 Å². The van der Waals surface area contributed by atoms with E-state index in [9.17, 15) is 4.79 Å². The third kappa shape index (κ3) is 7.21. The summed E-state index contributed by atoms with van der Waals surface area (Å²) in [6.45, 7) is 1.71. The number of carbonyl (C=O) groups is 1. The predicted octanol–water partition coefficient (Wildman–Crippen LogP) is 5.47. The van der Waals surface area contributed by atoms with Gasteiger partial charge in [0.15, 0.2) is 0 Å². The van der Waals surface area contributed by atoms with E-state index in [2.05, 4.69) is 36.2 Å². The molecule has 4 aromatic rings. The first-order valence-corrected chi connectivity index (χ1v) is 11.7. The van der Waals surface area contributed by atoms with Crippen molar-refractivity contribution in [2.45, 2.75) is 13.0 Å². The summed E-state index contributed by atoms with van der Waals surface area (Å²) in [6.07, 6.45) is 0. The largest absolute Gasteiger partial charge is 0.497 e. The number of ether oxygens (including phenoxy) is 2. The van der Waals surface area contributed by atoms with E-state index in [0.717, 1.165) is 22.9 Å². The van der Waals surface area contributed by atoms with E-state index in [1.165, 1.54) is 0 Å². The van der Waals surface area contributed by atoms with Gasteiger partial charge >= 0.3 is 0 Å². The Balaban J connectivity index is 1.54. The van der Waals surface area contributed by atoms with Crippen LogP contribution < -0.4 is 30.7 Å². The second-order valence-corrected chi connectivity index (χ2v) is 8.31. The van der Waals surface area contributed by atoms with Crippen molar-refractivity contribution in [3.63, 3.8) is 0 Å². The Labute approximate surface area is 219 Å². The van der Waals surface area contributed by atoms with Crippen molar-refractivity contribution in [2.75, 3.05) is 35.5 Å². The molecular formula is C26H26ClN7O3. The van der Waals surface area contributed by atoms with Crippen molar-refractivity contribution < 1.29 is 14.3 Å². The zero-order valence-corrected chi connectivity index (χ0v) is 21.2. The summed E-state index contributed by atoms with van der Waals surface area (Å²) in [7, 11) is 3.21. The van der Waals surface area contributed by atoms with Crippen LogP contribution in [0.4, 0.5) is 34.9 Å². The molecule has 0 saturated heterocycles. The van der Waals surface area contributed by atoms with Gasteiger partial charge in [0.05, 0.1) is 14.2 Å². The van der Waals surface area contributed by atoms with Crippen molar-refractivity contribution in [3.05, 3.63) is 77.8 Å². The van der Waals surface area contributed by atoms with E-state index >= 15 is 0 Å². The summed E-state index contributed by atoms with van der Waals surface area (Å²) in [6, 6.07) is 20.9. The van der Waals surface area contributed by atoms with Gasteiger partial charge < -0.3 is 30.7 Å². The van der Waals surface area contributed by atoms with Crippen LogP contribution in [0.1, 0.15) is 6.92 Å². The predicted molar refractivity (Wildman–Crippen MR) is 146 cm³/mol. The van der Waals surface area contributed by atoms with Crippen molar-refractivity contribution in [1.82, 2.24) is 15.0 Å². The van der Waals surface area contributed by atoms with Gasteiger partial charge in [0.1, 0.15) is 17.5 Å². The minimum absolute atomic E-state index is 0.209. The van der Waals surface area contributed by atoms with Gasteiger partial charge in [0.25, 0.3) is 0 Å². The van der Waals surface area contributed by atoms with Crippen molar-refractivity contribution in [1.29, 1.82) is 0 Å². The molecular weight excluding hydrogens is 494 g/mol. The fraction of sp³-hybridized carbons (Fsp3) is 0.154. The Bertz CT molecular complexity index is 1270.